The molecule has 8 heteroatoms. The molecule has 0 heterocycles. The molecule has 0 saturated heterocycles. The van der Waals surface area contributed by atoms with Crippen LogP contribution in [0.1, 0.15) is 19.3 Å². The number of amides is 2. The first-order chi connectivity index (χ1) is 8.36. The van der Waals surface area contributed by atoms with Crippen molar-refractivity contribution >= 4 is 23.6 Å². The Morgan fingerprint density at radius 2 is 1.83 bits per heavy atom. The molecule has 0 fully saturated rings. The summed E-state index contributed by atoms with van der Waals surface area (Å²) in [5, 5.41) is 10.6. The number of carbonyl (C=O) groups excluding carboxylic acids is 3. The summed E-state index contributed by atoms with van der Waals surface area (Å²) in [7, 11) is 0. The second-order valence-corrected chi connectivity index (χ2v) is 3.76. The molecule has 6 N–H and O–H groups in total. The van der Waals surface area contributed by atoms with Gasteiger partial charge in [-0.25, -0.2) is 0 Å². The second kappa shape index (κ2) is 8.18. The van der Waals surface area contributed by atoms with E-state index in [0.29, 0.717) is 0 Å². The average molecular weight is 259 g/mol. The van der Waals surface area contributed by atoms with Crippen molar-refractivity contribution in [3.63, 3.8) is 0 Å². The van der Waals surface area contributed by atoms with E-state index in [1.165, 1.54) is 0 Å². The second-order valence-electron chi connectivity index (χ2n) is 3.76. The van der Waals surface area contributed by atoms with Crippen LogP contribution in [0.15, 0.2) is 0 Å². The number of primary amides is 1. The van der Waals surface area contributed by atoms with E-state index in [4.69, 9.17) is 16.6 Å². The van der Waals surface area contributed by atoms with Gasteiger partial charge in [-0.15, -0.1) is 0 Å². The molecule has 0 rings (SSSR count). The largest absolute Gasteiger partial charge is 0.480 e. The minimum absolute atomic E-state index is 0.0526. The highest BCUT2D eigenvalue weighted by atomic mass is 16.4. The Morgan fingerprint density at radius 1 is 1.22 bits per heavy atom. The molecule has 0 bridgehead atoms. The topological polar surface area (TPSA) is 153 Å². The van der Waals surface area contributed by atoms with Crippen molar-refractivity contribution in [2.24, 2.45) is 17.4 Å². The number of nitrogens with one attached hydrogen (secondary N) is 1. The third kappa shape index (κ3) is 7.34. The molecule has 0 aromatic rings. The van der Waals surface area contributed by atoms with Crippen LogP contribution < -0.4 is 16.8 Å². The van der Waals surface area contributed by atoms with Crippen molar-refractivity contribution in [2.45, 2.75) is 19.3 Å². The fourth-order valence-electron chi connectivity index (χ4n) is 1.31. The molecule has 102 valence electrons. The van der Waals surface area contributed by atoms with Crippen LogP contribution >= 0.6 is 0 Å². The first kappa shape index (κ1) is 16.0. The fourth-order valence-corrected chi connectivity index (χ4v) is 1.31. The molecular formula is C10H17N3O5. The first-order valence-corrected chi connectivity index (χ1v) is 5.36. The number of carbonyl (C=O) groups is 4. The number of hydrogen-bond acceptors (Lipinski definition) is 5. The summed E-state index contributed by atoms with van der Waals surface area (Å²) in [6, 6.07) is 0. The quantitative estimate of drug-likeness (QED) is 0.375. The first-order valence-electron chi connectivity index (χ1n) is 5.36. The Bertz CT molecular complexity index is 342. The predicted octanol–water partition coefficient (Wildman–Crippen LogP) is -2.01. The van der Waals surface area contributed by atoms with Gasteiger partial charge in [0, 0.05) is 18.8 Å². The summed E-state index contributed by atoms with van der Waals surface area (Å²) in [6.07, 6.45) is -0.0925. The summed E-state index contributed by atoms with van der Waals surface area (Å²) < 4.78 is 0. The van der Waals surface area contributed by atoms with Crippen LogP contribution in [0, 0.1) is 5.92 Å². The molecule has 0 spiro atoms. The lowest BCUT2D eigenvalue weighted by atomic mass is 9.95. The Balaban J connectivity index is 4.42. The number of Topliss-reactive ketones (excluding diaryl/α,β-unsaturated/α-hetero) is 1. The zero-order chi connectivity index (χ0) is 14.1. The number of hydrogen-bond donors (Lipinski definition) is 4. The SMILES string of the molecule is NCC(=O)C[C@@H](CCC(N)=O)C(=O)NCC(=O)O. The fraction of sp³-hybridized carbons (Fsp3) is 0.600. The van der Waals surface area contributed by atoms with Crippen molar-refractivity contribution in [1.82, 2.24) is 5.32 Å². The minimum Gasteiger partial charge on any atom is -0.480 e. The van der Waals surface area contributed by atoms with Gasteiger partial charge in [0.25, 0.3) is 0 Å². The highest BCUT2D eigenvalue weighted by Gasteiger charge is 2.22. The molecule has 0 aliphatic heterocycles. The van der Waals surface area contributed by atoms with E-state index in [0.717, 1.165) is 0 Å². The standard InChI is InChI=1S/C10H17N3O5/c11-4-7(14)3-6(1-2-8(12)15)10(18)13-5-9(16)17/h6H,1-5,11H2,(H2,12,15)(H,13,18)(H,16,17)/t6-/m1/s1. The van der Waals surface area contributed by atoms with E-state index in [2.05, 4.69) is 5.32 Å². The summed E-state index contributed by atoms with van der Waals surface area (Å²) >= 11 is 0. The number of aliphatic carboxylic acids is 1. The van der Waals surface area contributed by atoms with Crippen LogP contribution in [-0.4, -0.2) is 41.8 Å². The zero-order valence-corrected chi connectivity index (χ0v) is 9.85. The number of rotatable bonds is 9. The maximum atomic E-state index is 11.6. The molecule has 0 aliphatic carbocycles. The van der Waals surface area contributed by atoms with Gasteiger partial charge in [0.05, 0.1) is 6.54 Å². The molecule has 18 heavy (non-hydrogen) atoms. The van der Waals surface area contributed by atoms with Gasteiger partial charge in [0.2, 0.25) is 11.8 Å². The van der Waals surface area contributed by atoms with Crippen molar-refractivity contribution in [1.29, 1.82) is 0 Å². The monoisotopic (exact) mass is 259 g/mol. The maximum Gasteiger partial charge on any atom is 0.322 e. The molecule has 8 nitrogen and oxygen atoms in total. The molecule has 0 radical (unpaired) electrons. The van der Waals surface area contributed by atoms with Crippen LogP contribution in [-0.2, 0) is 19.2 Å². The zero-order valence-electron chi connectivity index (χ0n) is 9.85. The molecule has 2 amide bonds. The van der Waals surface area contributed by atoms with E-state index < -0.39 is 30.2 Å². The molecule has 0 saturated carbocycles. The van der Waals surface area contributed by atoms with Crippen LogP contribution in [0.3, 0.4) is 0 Å². The van der Waals surface area contributed by atoms with Crippen LogP contribution in [0.25, 0.3) is 0 Å². The lowest BCUT2D eigenvalue weighted by molar-refractivity contribution is -0.139. The van der Waals surface area contributed by atoms with Crippen LogP contribution in [0.4, 0.5) is 0 Å². The van der Waals surface area contributed by atoms with Gasteiger partial charge in [-0.3, -0.25) is 19.2 Å². The van der Waals surface area contributed by atoms with E-state index >= 15 is 0 Å². The van der Waals surface area contributed by atoms with Crippen molar-refractivity contribution in [3.8, 4) is 0 Å². The summed E-state index contributed by atoms with van der Waals surface area (Å²) in [4.78, 5) is 43.7. The van der Waals surface area contributed by atoms with Gasteiger partial charge in [-0.05, 0) is 6.42 Å². The maximum absolute atomic E-state index is 11.6. The predicted molar refractivity (Wildman–Crippen MR) is 61.2 cm³/mol. The molecule has 1 atom stereocenters. The number of ketones is 1. The Labute approximate surface area is 104 Å². The number of carboxylic acid groups (broad SMARTS) is 1. The van der Waals surface area contributed by atoms with Crippen LogP contribution in [0.5, 0.6) is 0 Å². The smallest absolute Gasteiger partial charge is 0.322 e. The molecule has 0 aliphatic rings. The molecule has 0 aromatic carbocycles. The third-order valence-electron chi connectivity index (χ3n) is 2.23. The number of carboxylic acids is 1. The average Bonchev–Trinajstić information content (AvgIpc) is 2.30. The summed E-state index contributed by atoms with van der Waals surface area (Å²) in [6.45, 7) is -0.748. The van der Waals surface area contributed by atoms with Gasteiger partial charge in [0.15, 0.2) is 0 Å². The van der Waals surface area contributed by atoms with Crippen molar-refractivity contribution in [3.05, 3.63) is 0 Å². The highest BCUT2D eigenvalue weighted by Crippen LogP contribution is 2.12. The van der Waals surface area contributed by atoms with Gasteiger partial charge in [-0.1, -0.05) is 0 Å². The van der Waals surface area contributed by atoms with Crippen molar-refractivity contribution in [2.75, 3.05) is 13.1 Å². The summed E-state index contributed by atoms with van der Waals surface area (Å²) in [5.41, 5.74) is 10.1. The van der Waals surface area contributed by atoms with E-state index in [1.807, 2.05) is 0 Å². The van der Waals surface area contributed by atoms with E-state index in [-0.39, 0.29) is 31.6 Å². The van der Waals surface area contributed by atoms with Gasteiger partial charge < -0.3 is 21.9 Å². The van der Waals surface area contributed by atoms with Gasteiger partial charge in [0.1, 0.15) is 12.3 Å². The van der Waals surface area contributed by atoms with Crippen LogP contribution in [0.2, 0.25) is 0 Å². The van der Waals surface area contributed by atoms with E-state index in [9.17, 15) is 19.2 Å². The molecule has 0 unspecified atom stereocenters. The normalized spacial score (nSPS) is 11.6. The Kier molecular flexibility index (Phi) is 7.29. The van der Waals surface area contributed by atoms with E-state index in [1.54, 1.807) is 0 Å². The molecule has 0 aromatic heterocycles. The lowest BCUT2D eigenvalue weighted by Crippen LogP contribution is -2.36. The molecular weight excluding hydrogens is 242 g/mol. The minimum atomic E-state index is -1.19. The van der Waals surface area contributed by atoms with Crippen molar-refractivity contribution < 1.29 is 24.3 Å². The third-order valence-corrected chi connectivity index (χ3v) is 2.23. The number of nitrogens with two attached hydrogens (primary N) is 2. The lowest BCUT2D eigenvalue weighted by Gasteiger charge is -2.14. The highest BCUT2D eigenvalue weighted by molar-refractivity contribution is 5.89. The van der Waals surface area contributed by atoms with Gasteiger partial charge >= 0.3 is 5.97 Å². The Morgan fingerprint density at radius 3 is 2.28 bits per heavy atom. The Hall–Kier alpha value is -1.96. The van der Waals surface area contributed by atoms with Gasteiger partial charge in [-0.2, -0.15) is 0 Å². The summed E-state index contributed by atoms with van der Waals surface area (Å²) in [5.74, 6) is -3.50.